The van der Waals surface area contributed by atoms with Crippen molar-refractivity contribution in [1.29, 1.82) is 0 Å². The molecule has 1 saturated carbocycles. The molecule has 2 aliphatic rings. The van der Waals surface area contributed by atoms with E-state index in [-0.39, 0.29) is 35.6 Å². The average Bonchev–Trinajstić information content (AvgIpc) is 3.49. The fourth-order valence-electron chi connectivity index (χ4n) is 3.65. The Morgan fingerprint density at radius 2 is 1.94 bits per heavy atom. The zero-order valence-electron chi connectivity index (χ0n) is 17.2. The zero-order valence-corrected chi connectivity index (χ0v) is 19.6. The molecule has 2 aromatic carbocycles. The van der Waals surface area contributed by atoms with E-state index in [1.807, 2.05) is 19.1 Å². The third-order valence-corrected chi connectivity index (χ3v) is 7.88. The van der Waals surface area contributed by atoms with Gasteiger partial charge in [-0.1, -0.05) is 15.9 Å². The van der Waals surface area contributed by atoms with Crippen LogP contribution >= 0.6 is 15.9 Å². The highest BCUT2D eigenvalue weighted by Crippen LogP contribution is 2.37. The van der Waals surface area contributed by atoms with Gasteiger partial charge < -0.3 is 10.2 Å². The van der Waals surface area contributed by atoms with Gasteiger partial charge in [-0.15, -0.1) is 0 Å². The van der Waals surface area contributed by atoms with Crippen molar-refractivity contribution in [2.45, 2.75) is 37.5 Å². The molecule has 1 fully saturated rings. The maximum Gasteiger partial charge on any atom is 0.240 e. The predicted octanol–water partition coefficient (Wildman–Crippen LogP) is 3.36. The summed E-state index contributed by atoms with van der Waals surface area (Å²) in [7, 11) is -3.74. The van der Waals surface area contributed by atoms with E-state index in [2.05, 4.69) is 26.0 Å². The number of hydrogen-bond acceptors (Lipinski definition) is 4. The minimum Gasteiger partial charge on any atom is -0.326 e. The first-order valence-electron chi connectivity index (χ1n) is 10.2. The van der Waals surface area contributed by atoms with Crippen molar-refractivity contribution in [2.24, 2.45) is 5.92 Å². The lowest BCUT2D eigenvalue weighted by Gasteiger charge is -2.17. The molecule has 2 amide bonds. The quantitative estimate of drug-likeness (QED) is 0.602. The Balaban J connectivity index is 1.34. The average molecular weight is 506 g/mol. The number of carbonyl (C=O) groups is 2. The Hall–Kier alpha value is -2.23. The summed E-state index contributed by atoms with van der Waals surface area (Å²) in [5, 5.41) is 2.77. The monoisotopic (exact) mass is 505 g/mol. The lowest BCUT2D eigenvalue weighted by molar-refractivity contribution is -0.119. The second-order valence-electron chi connectivity index (χ2n) is 7.96. The molecule has 1 aliphatic heterocycles. The number of halogens is 1. The lowest BCUT2D eigenvalue weighted by Crippen LogP contribution is -2.30. The van der Waals surface area contributed by atoms with Crippen LogP contribution in [0.1, 0.15) is 30.4 Å². The van der Waals surface area contributed by atoms with E-state index >= 15 is 0 Å². The van der Waals surface area contributed by atoms with Gasteiger partial charge in [-0.2, -0.15) is 0 Å². The molecule has 0 saturated heterocycles. The summed E-state index contributed by atoms with van der Waals surface area (Å²) in [6, 6.07) is 10.3. The smallest absolute Gasteiger partial charge is 0.240 e. The van der Waals surface area contributed by atoms with Gasteiger partial charge >= 0.3 is 0 Å². The number of nitrogens with one attached hydrogen (secondary N) is 2. The molecule has 0 spiro atoms. The van der Waals surface area contributed by atoms with E-state index in [4.69, 9.17) is 0 Å². The van der Waals surface area contributed by atoms with Gasteiger partial charge in [-0.3, -0.25) is 9.59 Å². The molecule has 1 heterocycles. The lowest BCUT2D eigenvalue weighted by atomic mass is 10.2. The number of benzene rings is 2. The highest BCUT2D eigenvalue weighted by atomic mass is 79.9. The summed E-state index contributed by atoms with van der Waals surface area (Å²) in [5.41, 5.74) is 3.32. The highest BCUT2D eigenvalue weighted by molar-refractivity contribution is 9.10. The number of hydrogen-bond donors (Lipinski definition) is 2. The van der Waals surface area contributed by atoms with Crippen LogP contribution in [0.15, 0.2) is 45.8 Å². The van der Waals surface area contributed by atoms with Gasteiger partial charge in [0.15, 0.2) is 0 Å². The van der Waals surface area contributed by atoms with E-state index in [0.29, 0.717) is 18.7 Å². The molecule has 0 aromatic heterocycles. The van der Waals surface area contributed by atoms with E-state index in [1.54, 1.807) is 23.1 Å². The maximum atomic E-state index is 12.7. The molecule has 4 rings (SSSR count). The predicted molar refractivity (Wildman–Crippen MR) is 123 cm³/mol. The molecule has 164 valence electrons. The normalized spacial score (nSPS) is 15.6. The Morgan fingerprint density at radius 3 is 2.65 bits per heavy atom. The first kappa shape index (κ1) is 22.0. The second-order valence-corrected chi connectivity index (χ2v) is 10.6. The fourth-order valence-corrected chi connectivity index (χ4v) is 4.98. The first-order valence-corrected chi connectivity index (χ1v) is 12.5. The van der Waals surface area contributed by atoms with Crippen molar-refractivity contribution in [3.05, 3.63) is 52.0 Å². The summed E-state index contributed by atoms with van der Waals surface area (Å²) in [5.74, 6) is -0.00411. The Kier molecular flexibility index (Phi) is 6.18. The van der Waals surface area contributed by atoms with Gasteiger partial charge in [0.1, 0.15) is 0 Å². The number of nitrogens with zero attached hydrogens (tertiary/aromatic N) is 1. The number of rotatable bonds is 7. The zero-order chi connectivity index (χ0) is 22.2. The largest absolute Gasteiger partial charge is 0.326 e. The van der Waals surface area contributed by atoms with Crippen LogP contribution in [-0.2, 0) is 26.0 Å². The molecule has 0 atom stereocenters. The van der Waals surface area contributed by atoms with E-state index < -0.39 is 10.0 Å². The van der Waals surface area contributed by atoms with E-state index in [9.17, 15) is 18.0 Å². The number of fused-ring (bicyclic) bond motifs is 1. The van der Waals surface area contributed by atoms with Gasteiger partial charge in [-0.25, -0.2) is 13.1 Å². The highest BCUT2D eigenvalue weighted by Gasteiger charge is 2.36. The van der Waals surface area contributed by atoms with Crippen molar-refractivity contribution >= 4 is 49.1 Å². The number of aryl methyl sites for hydroxylation is 1. The SMILES string of the molecule is Cc1cc(NC(=O)CCNS(=O)(=O)c2ccc3c(c2)CCN3C(=O)C2CC2)ccc1Br. The van der Waals surface area contributed by atoms with Crippen molar-refractivity contribution < 1.29 is 18.0 Å². The Morgan fingerprint density at radius 1 is 1.16 bits per heavy atom. The summed E-state index contributed by atoms with van der Waals surface area (Å²) < 4.78 is 28.8. The summed E-state index contributed by atoms with van der Waals surface area (Å²) in [4.78, 5) is 26.4. The molecule has 0 radical (unpaired) electrons. The minimum atomic E-state index is -3.74. The number of carbonyl (C=O) groups excluding carboxylic acids is 2. The molecule has 2 N–H and O–H groups in total. The maximum absolute atomic E-state index is 12.7. The van der Waals surface area contributed by atoms with Crippen LogP contribution in [0, 0.1) is 12.8 Å². The van der Waals surface area contributed by atoms with Crippen molar-refractivity contribution in [3.8, 4) is 0 Å². The molecule has 1 aliphatic carbocycles. The molecule has 31 heavy (non-hydrogen) atoms. The van der Waals surface area contributed by atoms with Crippen LogP contribution in [0.4, 0.5) is 11.4 Å². The van der Waals surface area contributed by atoms with Gasteiger partial charge in [0.2, 0.25) is 21.8 Å². The summed E-state index contributed by atoms with van der Waals surface area (Å²) in [6.45, 7) is 2.51. The van der Waals surface area contributed by atoms with Crippen LogP contribution in [0.2, 0.25) is 0 Å². The number of anilines is 2. The van der Waals surface area contributed by atoms with E-state index in [1.165, 1.54) is 6.07 Å². The van der Waals surface area contributed by atoms with Crippen LogP contribution in [0.3, 0.4) is 0 Å². The fraction of sp³-hybridized carbons (Fsp3) is 0.364. The topological polar surface area (TPSA) is 95.6 Å². The van der Waals surface area contributed by atoms with Gasteiger partial charge in [0.05, 0.1) is 4.90 Å². The molecule has 0 bridgehead atoms. The molecule has 7 nitrogen and oxygen atoms in total. The Bertz CT molecular complexity index is 1150. The van der Waals surface area contributed by atoms with Crippen molar-refractivity contribution in [1.82, 2.24) is 4.72 Å². The molecular weight excluding hydrogens is 482 g/mol. The third kappa shape index (κ3) is 4.99. The standard InChI is InChI=1S/C22H24BrN3O4S/c1-14-12-17(4-6-19(14)23)25-21(27)8-10-24-31(29,30)18-5-7-20-16(13-18)9-11-26(20)22(28)15-2-3-15/h4-7,12-13,15,24H,2-3,8-11H2,1H3,(H,25,27). The Labute approximate surface area is 190 Å². The second kappa shape index (κ2) is 8.72. The van der Waals surface area contributed by atoms with Crippen molar-refractivity contribution in [3.63, 3.8) is 0 Å². The summed E-state index contributed by atoms with van der Waals surface area (Å²) in [6.07, 6.45) is 2.54. The molecule has 2 aromatic rings. The number of sulfonamides is 1. The van der Waals surface area contributed by atoms with Gasteiger partial charge in [-0.05, 0) is 73.7 Å². The van der Waals surface area contributed by atoms with Crippen LogP contribution in [-0.4, -0.2) is 33.3 Å². The number of amides is 2. The van der Waals surface area contributed by atoms with Crippen LogP contribution < -0.4 is 14.9 Å². The minimum absolute atomic E-state index is 0.00689. The first-order chi connectivity index (χ1) is 14.7. The molecular formula is C22H24BrN3O4S. The van der Waals surface area contributed by atoms with Crippen LogP contribution in [0.25, 0.3) is 0 Å². The van der Waals surface area contributed by atoms with E-state index in [0.717, 1.165) is 34.1 Å². The molecule has 0 unspecified atom stereocenters. The van der Waals surface area contributed by atoms with Gasteiger partial charge in [0.25, 0.3) is 0 Å². The summed E-state index contributed by atoms with van der Waals surface area (Å²) >= 11 is 3.41. The molecule has 9 heteroatoms. The van der Waals surface area contributed by atoms with Crippen molar-refractivity contribution in [2.75, 3.05) is 23.3 Å². The van der Waals surface area contributed by atoms with Gasteiger partial charge in [0, 0.05) is 41.3 Å². The van der Waals surface area contributed by atoms with Crippen LogP contribution in [0.5, 0.6) is 0 Å². The third-order valence-electron chi connectivity index (χ3n) is 5.54.